The lowest BCUT2D eigenvalue weighted by Gasteiger charge is -2.27. The number of carbonyl (C=O) groups excluding carboxylic acids is 3. The Morgan fingerprint density at radius 2 is 1.67 bits per heavy atom. The normalized spacial score (nSPS) is 15.2. The zero-order valence-electron chi connectivity index (χ0n) is 23.7. The summed E-state index contributed by atoms with van der Waals surface area (Å²) in [7, 11) is 0. The van der Waals surface area contributed by atoms with Crippen LogP contribution in [0.1, 0.15) is 67.3 Å². The van der Waals surface area contributed by atoms with Gasteiger partial charge in [0.1, 0.15) is 11.8 Å². The summed E-state index contributed by atoms with van der Waals surface area (Å²) >= 11 is 0. The van der Waals surface area contributed by atoms with E-state index in [1.165, 1.54) is 24.3 Å². The average molecular weight is 606 g/mol. The quantitative estimate of drug-likeness (QED) is 0.114. The average Bonchev–Trinajstić information content (AvgIpc) is 2.95. The number of nitrogens with zero attached hydrogens (tertiary/aromatic N) is 1. The maximum atomic E-state index is 13.6. The molecular formula is C29H38F3N7O4. The lowest BCUT2D eigenvalue weighted by Crippen LogP contribution is -2.50. The molecule has 3 amide bonds. The molecule has 0 aromatic heterocycles. The van der Waals surface area contributed by atoms with E-state index in [1.54, 1.807) is 0 Å². The molecule has 0 unspecified atom stereocenters. The largest absolute Gasteiger partial charge is 0.455 e. The molecule has 1 aliphatic rings. The number of nitrogens with two attached hydrogens (primary N) is 4. The van der Waals surface area contributed by atoms with Crippen LogP contribution >= 0.6 is 0 Å². The molecule has 0 aliphatic heterocycles. The Morgan fingerprint density at radius 1 is 0.977 bits per heavy atom. The predicted octanol–water partition coefficient (Wildman–Crippen LogP) is 3.37. The number of nitrogens with one attached hydrogen (secondary N) is 2. The van der Waals surface area contributed by atoms with Crippen LogP contribution < -0.4 is 38.3 Å². The van der Waals surface area contributed by atoms with E-state index in [9.17, 15) is 27.6 Å². The van der Waals surface area contributed by atoms with Crippen molar-refractivity contribution in [2.24, 2.45) is 33.8 Å². The van der Waals surface area contributed by atoms with Crippen molar-refractivity contribution in [1.82, 2.24) is 5.32 Å². The van der Waals surface area contributed by atoms with Crippen molar-refractivity contribution < 1.29 is 32.3 Å². The number of hydrogen-bond donors (Lipinski definition) is 6. The maximum Gasteiger partial charge on any atom is 0.419 e. The number of alkyl halides is 3. The summed E-state index contributed by atoms with van der Waals surface area (Å²) in [6, 6.07) is 6.37. The van der Waals surface area contributed by atoms with Gasteiger partial charge in [-0.25, -0.2) is 0 Å². The molecule has 11 nitrogen and oxygen atoms in total. The molecule has 1 fully saturated rings. The van der Waals surface area contributed by atoms with E-state index in [4.69, 9.17) is 27.7 Å². The van der Waals surface area contributed by atoms with Gasteiger partial charge in [0.25, 0.3) is 0 Å². The number of carbonyl (C=O) groups is 3. The number of primary amides is 1. The van der Waals surface area contributed by atoms with E-state index in [2.05, 4.69) is 15.6 Å². The molecule has 0 radical (unpaired) electrons. The number of aliphatic imine (C=N–C) groups is 1. The second-order valence-corrected chi connectivity index (χ2v) is 10.5. The van der Waals surface area contributed by atoms with E-state index < -0.39 is 47.3 Å². The fourth-order valence-electron chi connectivity index (χ4n) is 4.91. The van der Waals surface area contributed by atoms with E-state index in [-0.39, 0.29) is 41.8 Å². The number of hydrogen-bond acceptors (Lipinski definition) is 6. The summed E-state index contributed by atoms with van der Waals surface area (Å²) in [5.41, 5.74) is 21.0. The molecule has 2 aromatic carbocycles. The number of para-hydroxylation sites is 1. The number of benzene rings is 2. The van der Waals surface area contributed by atoms with Gasteiger partial charge in [-0.2, -0.15) is 13.2 Å². The van der Waals surface area contributed by atoms with Gasteiger partial charge in [-0.3, -0.25) is 19.4 Å². The fraction of sp³-hybridized carbons (Fsp3) is 0.448. The molecule has 1 saturated carbocycles. The first-order valence-corrected chi connectivity index (χ1v) is 14.0. The molecule has 0 saturated heterocycles. The topological polar surface area (TPSA) is 201 Å². The molecule has 43 heavy (non-hydrogen) atoms. The SMILES string of the molecule is NC(=O)c1ccc(NC(=O)[C@H](CC2CCCCC2)NC(=O)[C@@H](N)CCCN=C(N)N)c(Oc2ccccc2C(F)(F)F)c1. The van der Waals surface area contributed by atoms with Crippen LogP contribution in [0.15, 0.2) is 47.5 Å². The van der Waals surface area contributed by atoms with Crippen LogP contribution in [0, 0.1) is 5.92 Å². The molecule has 0 spiro atoms. The van der Waals surface area contributed by atoms with Gasteiger partial charge >= 0.3 is 6.18 Å². The summed E-state index contributed by atoms with van der Waals surface area (Å²) in [6.45, 7) is 0.289. The predicted molar refractivity (Wildman–Crippen MR) is 156 cm³/mol. The first-order chi connectivity index (χ1) is 20.3. The first-order valence-electron chi connectivity index (χ1n) is 14.0. The summed E-state index contributed by atoms with van der Waals surface area (Å²) in [4.78, 5) is 42.2. The minimum absolute atomic E-state index is 0.0172. The van der Waals surface area contributed by atoms with Crippen molar-refractivity contribution in [3.05, 3.63) is 53.6 Å². The zero-order chi connectivity index (χ0) is 31.6. The molecule has 10 N–H and O–H groups in total. The van der Waals surface area contributed by atoms with Gasteiger partial charge in [-0.05, 0) is 55.5 Å². The third kappa shape index (κ3) is 10.2. The van der Waals surface area contributed by atoms with Gasteiger partial charge in [0, 0.05) is 12.1 Å². The highest BCUT2D eigenvalue weighted by molar-refractivity contribution is 6.00. The number of halogens is 3. The molecule has 1 aliphatic carbocycles. The van der Waals surface area contributed by atoms with Crippen molar-refractivity contribution in [3.63, 3.8) is 0 Å². The number of amides is 3. The highest BCUT2D eigenvalue weighted by Crippen LogP contribution is 2.40. The third-order valence-electron chi connectivity index (χ3n) is 7.17. The van der Waals surface area contributed by atoms with Crippen LogP contribution in [0.5, 0.6) is 11.5 Å². The van der Waals surface area contributed by atoms with E-state index in [1.807, 2.05) is 0 Å². The van der Waals surface area contributed by atoms with Crippen LogP contribution in [-0.4, -0.2) is 42.3 Å². The summed E-state index contributed by atoms with van der Waals surface area (Å²) in [5.74, 6) is -2.67. The number of anilines is 1. The minimum Gasteiger partial charge on any atom is -0.455 e. The van der Waals surface area contributed by atoms with Crippen molar-refractivity contribution in [3.8, 4) is 11.5 Å². The lowest BCUT2D eigenvalue weighted by atomic mass is 9.84. The molecule has 2 atom stereocenters. The van der Waals surface area contributed by atoms with Gasteiger partial charge in [-0.15, -0.1) is 0 Å². The summed E-state index contributed by atoms with van der Waals surface area (Å²) in [5, 5.41) is 5.39. The second kappa shape index (κ2) is 15.2. The van der Waals surface area contributed by atoms with E-state index in [0.29, 0.717) is 12.8 Å². The highest BCUT2D eigenvalue weighted by Gasteiger charge is 2.35. The first kappa shape index (κ1) is 33.2. The Morgan fingerprint density at radius 3 is 2.33 bits per heavy atom. The molecule has 14 heteroatoms. The molecule has 2 aromatic rings. The Bertz CT molecular complexity index is 1310. The smallest absolute Gasteiger partial charge is 0.419 e. The van der Waals surface area contributed by atoms with Crippen LogP contribution in [0.25, 0.3) is 0 Å². The molecular weight excluding hydrogens is 567 g/mol. The Balaban J connectivity index is 1.85. The Labute approximate surface area is 247 Å². The summed E-state index contributed by atoms with van der Waals surface area (Å²) < 4.78 is 46.5. The molecule has 0 bridgehead atoms. The molecule has 3 rings (SSSR count). The van der Waals surface area contributed by atoms with Crippen molar-refractivity contribution in [2.75, 3.05) is 11.9 Å². The number of rotatable bonds is 13. The van der Waals surface area contributed by atoms with Crippen LogP contribution in [0.4, 0.5) is 18.9 Å². The van der Waals surface area contributed by atoms with Crippen LogP contribution in [0.3, 0.4) is 0 Å². The Hall–Kier alpha value is -4.33. The van der Waals surface area contributed by atoms with Gasteiger partial charge in [-0.1, -0.05) is 44.2 Å². The molecule has 234 valence electrons. The van der Waals surface area contributed by atoms with Crippen LogP contribution in [0.2, 0.25) is 0 Å². The van der Waals surface area contributed by atoms with Gasteiger partial charge < -0.3 is 38.3 Å². The molecule has 0 heterocycles. The van der Waals surface area contributed by atoms with Gasteiger partial charge in [0.2, 0.25) is 17.7 Å². The maximum absolute atomic E-state index is 13.6. The minimum atomic E-state index is -4.72. The monoisotopic (exact) mass is 605 g/mol. The van der Waals surface area contributed by atoms with Crippen molar-refractivity contribution in [2.45, 2.75) is 69.6 Å². The highest BCUT2D eigenvalue weighted by atomic mass is 19.4. The van der Waals surface area contributed by atoms with Gasteiger partial charge in [0.05, 0.1) is 17.3 Å². The zero-order valence-corrected chi connectivity index (χ0v) is 23.7. The van der Waals surface area contributed by atoms with Gasteiger partial charge in [0.15, 0.2) is 11.7 Å². The Kier molecular flexibility index (Phi) is 11.8. The van der Waals surface area contributed by atoms with E-state index >= 15 is 0 Å². The number of guanidine groups is 1. The third-order valence-corrected chi connectivity index (χ3v) is 7.17. The van der Waals surface area contributed by atoms with Crippen molar-refractivity contribution in [1.29, 1.82) is 0 Å². The standard InChI is InChI=1S/C29H38F3N7O4/c30-29(31,32)19-9-4-5-11-23(19)43-24-16-18(25(34)40)12-13-21(24)38-27(42)22(15-17-7-2-1-3-8-17)39-26(41)20(33)10-6-14-37-28(35)36/h4-5,9,11-13,16-17,20,22H,1-3,6-8,10,14-15,33H2,(H2,34,40)(H,38,42)(H,39,41)(H4,35,36,37)/t20-,22-/m0/s1. The second-order valence-electron chi connectivity index (χ2n) is 10.5. The van der Waals surface area contributed by atoms with Crippen molar-refractivity contribution >= 4 is 29.4 Å². The fourth-order valence-corrected chi connectivity index (χ4v) is 4.91. The number of ether oxygens (including phenoxy) is 1. The summed E-state index contributed by atoms with van der Waals surface area (Å²) in [6.07, 6.45) is 1.20. The van der Waals surface area contributed by atoms with E-state index in [0.717, 1.165) is 50.3 Å². The van der Waals surface area contributed by atoms with Crippen LogP contribution in [-0.2, 0) is 15.8 Å². The lowest BCUT2D eigenvalue weighted by molar-refractivity contribution is -0.138.